The maximum atomic E-state index is 11.5. The van der Waals surface area contributed by atoms with Gasteiger partial charge in [0.15, 0.2) is 0 Å². The molecule has 0 aromatic heterocycles. The van der Waals surface area contributed by atoms with Crippen molar-refractivity contribution in [1.29, 1.82) is 0 Å². The molecule has 5 nitrogen and oxygen atoms in total. The number of aryl methyl sites for hydroxylation is 1. The molecule has 88 valence electrons. The molecule has 0 heterocycles. The SMILES string of the molecule is CCOC(=O)c1ccc(N(O)O)cc1CC. The molecule has 16 heavy (non-hydrogen) atoms. The van der Waals surface area contributed by atoms with Crippen LogP contribution in [0.4, 0.5) is 5.69 Å². The normalized spacial score (nSPS) is 10.0. The number of benzene rings is 1. The van der Waals surface area contributed by atoms with Crippen molar-refractivity contribution < 1.29 is 19.9 Å². The molecule has 0 aliphatic carbocycles. The lowest BCUT2D eigenvalue weighted by molar-refractivity contribution is 0.0290. The molecule has 0 radical (unpaired) electrons. The Labute approximate surface area is 93.8 Å². The first-order valence-electron chi connectivity index (χ1n) is 5.08. The lowest BCUT2D eigenvalue weighted by Crippen LogP contribution is -2.13. The average Bonchev–Trinajstić information content (AvgIpc) is 2.28. The number of hydrogen-bond donors (Lipinski definition) is 2. The highest BCUT2D eigenvalue weighted by Crippen LogP contribution is 2.19. The Morgan fingerprint density at radius 3 is 2.56 bits per heavy atom. The second-order valence-corrected chi connectivity index (χ2v) is 3.20. The number of carbonyl (C=O) groups is 1. The minimum absolute atomic E-state index is 0.0219. The summed E-state index contributed by atoms with van der Waals surface area (Å²) in [4.78, 5) is 11.5. The standard InChI is InChI=1S/C11H15NO4/c1-3-8-7-9(12(14)15)5-6-10(8)11(13)16-4-2/h5-7,14-15H,3-4H2,1-2H3. The molecule has 0 saturated heterocycles. The Kier molecular flexibility index (Phi) is 4.28. The van der Waals surface area contributed by atoms with E-state index in [1.807, 2.05) is 6.92 Å². The van der Waals surface area contributed by atoms with Gasteiger partial charge in [-0.2, -0.15) is 0 Å². The quantitative estimate of drug-likeness (QED) is 0.606. The molecule has 1 aromatic rings. The minimum Gasteiger partial charge on any atom is -0.462 e. The molecule has 0 fully saturated rings. The van der Waals surface area contributed by atoms with Crippen LogP contribution < -0.4 is 5.23 Å². The fourth-order valence-corrected chi connectivity index (χ4v) is 1.41. The van der Waals surface area contributed by atoms with Gasteiger partial charge in [0, 0.05) is 0 Å². The van der Waals surface area contributed by atoms with E-state index in [0.29, 0.717) is 24.2 Å². The van der Waals surface area contributed by atoms with Gasteiger partial charge in [-0.25, -0.2) is 4.79 Å². The highest BCUT2D eigenvalue weighted by atomic mass is 16.8. The predicted octanol–water partition coefficient (Wildman–Crippen LogP) is 2.01. The lowest BCUT2D eigenvalue weighted by Gasteiger charge is -2.12. The van der Waals surface area contributed by atoms with Crippen LogP contribution in [0.15, 0.2) is 18.2 Å². The second kappa shape index (κ2) is 5.48. The first kappa shape index (κ1) is 12.5. The van der Waals surface area contributed by atoms with Crippen molar-refractivity contribution in [2.24, 2.45) is 0 Å². The minimum atomic E-state index is -0.395. The van der Waals surface area contributed by atoms with E-state index in [4.69, 9.17) is 15.2 Å². The summed E-state index contributed by atoms with van der Waals surface area (Å²) in [6.07, 6.45) is 0.607. The zero-order chi connectivity index (χ0) is 12.1. The summed E-state index contributed by atoms with van der Waals surface area (Å²) in [6, 6.07) is 4.49. The van der Waals surface area contributed by atoms with Gasteiger partial charge >= 0.3 is 5.97 Å². The second-order valence-electron chi connectivity index (χ2n) is 3.20. The monoisotopic (exact) mass is 225 g/mol. The zero-order valence-corrected chi connectivity index (χ0v) is 9.30. The number of carbonyl (C=O) groups excluding carboxylic acids is 1. The molecule has 2 N–H and O–H groups in total. The molecule has 0 unspecified atom stereocenters. The third-order valence-corrected chi connectivity index (χ3v) is 2.20. The average molecular weight is 225 g/mol. The third kappa shape index (κ3) is 2.71. The molecular formula is C11H15NO4. The van der Waals surface area contributed by atoms with E-state index in [0.717, 1.165) is 0 Å². The van der Waals surface area contributed by atoms with E-state index >= 15 is 0 Å². The molecule has 0 aliphatic rings. The lowest BCUT2D eigenvalue weighted by atomic mass is 10.0. The van der Waals surface area contributed by atoms with Crippen molar-refractivity contribution in [2.45, 2.75) is 20.3 Å². The first-order chi connectivity index (χ1) is 7.60. The van der Waals surface area contributed by atoms with E-state index in [1.165, 1.54) is 18.2 Å². The third-order valence-electron chi connectivity index (χ3n) is 2.20. The van der Waals surface area contributed by atoms with Crippen LogP contribution >= 0.6 is 0 Å². The van der Waals surface area contributed by atoms with Crippen LogP contribution in [0.3, 0.4) is 0 Å². The Morgan fingerprint density at radius 2 is 2.06 bits per heavy atom. The topological polar surface area (TPSA) is 70.0 Å². The van der Waals surface area contributed by atoms with Gasteiger partial charge in [0.25, 0.3) is 0 Å². The smallest absolute Gasteiger partial charge is 0.338 e. The van der Waals surface area contributed by atoms with Gasteiger partial charge < -0.3 is 4.74 Å². The van der Waals surface area contributed by atoms with Crippen LogP contribution in [0.5, 0.6) is 0 Å². The van der Waals surface area contributed by atoms with Crippen LogP contribution in [0.1, 0.15) is 29.8 Å². The van der Waals surface area contributed by atoms with Crippen molar-refractivity contribution in [1.82, 2.24) is 0 Å². The number of hydrogen-bond acceptors (Lipinski definition) is 5. The Morgan fingerprint density at radius 1 is 1.38 bits per heavy atom. The van der Waals surface area contributed by atoms with Crippen molar-refractivity contribution in [3.8, 4) is 0 Å². The van der Waals surface area contributed by atoms with E-state index in [-0.39, 0.29) is 10.9 Å². The summed E-state index contributed by atoms with van der Waals surface area (Å²) >= 11 is 0. The van der Waals surface area contributed by atoms with Crippen LogP contribution in [0.2, 0.25) is 0 Å². The van der Waals surface area contributed by atoms with Gasteiger partial charge in [-0.1, -0.05) is 6.92 Å². The molecule has 5 heteroatoms. The number of esters is 1. The summed E-state index contributed by atoms with van der Waals surface area (Å²) < 4.78 is 4.89. The van der Waals surface area contributed by atoms with Gasteiger partial charge in [0.05, 0.1) is 17.9 Å². The van der Waals surface area contributed by atoms with E-state index in [1.54, 1.807) is 6.92 Å². The molecule has 1 aromatic carbocycles. The number of rotatable bonds is 4. The molecule has 0 aliphatic heterocycles. The van der Waals surface area contributed by atoms with Crippen molar-refractivity contribution in [3.05, 3.63) is 29.3 Å². The molecular weight excluding hydrogens is 210 g/mol. The molecule has 0 spiro atoms. The highest BCUT2D eigenvalue weighted by molar-refractivity contribution is 5.91. The summed E-state index contributed by atoms with van der Waals surface area (Å²) in [6.45, 7) is 3.93. The van der Waals surface area contributed by atoms with E-state index in [9.17, 15) is 4.79 Å². The fraction of sp³-hybridized carbons (Fsp3) is 0.364. The Bertz CT molecular complexity index is 376. The van der Waals surface area contributed by atoms with Gasteiger partial charge in [0.1, 0.15) is 0 Å². The van der Waals surface area contributed by atoms with Crippen molar-refractivity contribution in [2.75, 3.05) is 11.8 Å². The summed E-state index contributed by atoms with van der Waals surface area (Å²) in [7, 11) is 0. The van der Waals surface area contributed by atoms with Gasteiger partial charge in [-0.15, -0.1) is 5.23 Å². The fourth-order valence-electron chi connectivity index (χ4n) is 1.41. The molecule has 0 amide bonds. The van der Waals surface area contributed by atoms with Crippen LogP contribution in [0, 0.1) is 0 Å². The number of ether oxygens (including phenoxy) is 1. The number of nitrogens with zero attached hydrogens (tertiary/aromatic N) is 1. The summed E-state index contributed by atoms with van der Waals surface area (Å²) in [5, 5.41) is 17.7. The van der Waals surface area contributed by atoms with Crippen LogP contribution in [-0.4, -0.2) is 23.0 Å². The number of anilines is 1. The van der Waals surface area contributed by atoms with Crippen molar-refractivity contribution in [3.63, 3.8) is 0 Å². The van der Waals surface area contributed by atoms with Crippen LogP contribution in [0.25, 0.3) is 0 Å². The van der Waals surface area contributed by atoms with E-state index in [2.05, 4.69) is 0 Å². The first-order valence-corrected chi connectivity index (χ1v) is 5.08. The largest absolute Gasteiger partial charge is 0.462 e. The molecule has 1 rings (SSSR count). The van der Waals surface area contributed by atoms with Gasteiger partial charge in [-0.05, 0) is 37.1 Å². The zero-order valence-electron chi connectivity index (χ0n) is 9.30. The maximum absolute atomic E-state index is 11.5. The van der Waals surface area contributed by atoms with E-state index < -0.39 is 5.97 Å². The van der Waals surface area contributed by atoms with Crippen LogP contribution in [-0.2, 0) is 11.2 Å². The Hall–Kier alpha value is -1.59. The summed E-state index contributed by atoms with van der Waals surface area (Å²) in [5.74, 6) is -0.395. The van der Waals surface area contributed by atoms with Gasteiger partial charge in [-0.3, -0.25) is 10.4 Å². The Balaban J connectivity index is 3.06. The predicted molar refractivity (Wildman–Crippen MR) is 57.8 cm³/mol. The molecule has 0 saturated carbocycles. The van der Waals surface area contributed by atoms with Crippen molar-refractivity contribution >= 4 is 11.7 Å². The molecule has 0 atom stereocenters. The van der Waals surface area contributed by atoms with Gasteiger partial charge in [0.2, 0.25) is 0 Å². The highest BCUT2D eigenvalue weighted by Gasteiger charge is 2.13. The summed E-state index contributed by atoms with van der Waals surface area (Å²) in [5.41, 5.74) is 1.38. The molecule has 0 bridgehead atoms. The maximum Gasteiger partial charge on any atom is 0.338 e.